The topological polar surface area (TPSA) is 101 Å². The Balaban J connectivity index is 1.85. The van der Waals surface area contributed by atoms with Crippen LogP contribution in [0, 0.1) is 0 Å². The van der Waals surface area contributed by atoms with Crippen LogP contribution in [-0.4, -0.2) is 34.2 Å². The van der Waals surface area contributed by atoms with E-state index in [0.717, 1.165) is 27.8 Å². The Morgan fingerprint density at radius 2 is 2.00 bits per heavy atom. The van der Waals surface area contributed by atoms with Crippen LogP contribution in [0.5, 0.6) is 11.5 Å². The van der Waals surface area contributed by atoms with Crippen molar-refractivity contribution in [1.29, 1.82) is 0 Å². The number of fused-ring (bicyclic) bond motifs is 3. The highest BCUT2D eigenvalue weighted by molar-refractivity contribution is 7.88. The molecule has 2 heterocycles. The van der Waals surface area contributed by atoms with Gasteiger partial charge in [-0.05, 0) is 34.9 Å². The van der Waals surface area contributed by atoms with Crippen molar-refractivity contribution in [2.24, 2.45) is 5.14 Å². The Labute approximate surface area is 187 Å². The number of nitrogens with zero attached hydrogens (tertiary/aromatic N) is 1. The lowest BCUT2D eigenvalue weighted by Gasteiger charge is -2.30. The van der Waals surface area contributed by atoms with Gasteiger partial charge in [-0.25, -0.2) is 13.6 Å². The molecule has 0 fully saturated rings. The molecule has 0 spiro atoms. The monoisotopic (exact) mass is 452 g/mol. The van der Waals surface area contributed by atoms with Gasteiger partial charge in [-0.1, -0.05) is 36.4 Å². The standard InChI is InChI=1S/C24H24N2O5S/c1-29-10-4-5-16-11-18(14-26-13-16)24-20-12-17(15-32(25,27)28)8-9-19(20)23-21(30-2)6-3-7-22(23)31-24/h3-9,11-14,24H,10,15H2,1-2H3,(H2,25,27,28)/b5-4+. The quantitative estimate of drug-likeness (QED) is 0.587. The summed E-state index contributed by atoms with van der Waals surface area (Å²) in [6.07, 6.45) is 6.86. The predicted octanol–water partition coefficient (Wildman–Crippen LogP) is 3.69. The van der Waals surface area contributed by atoms with Gasteiger partial charge in [0.25, 0.3) is 0 Å². The first-order valence-electron chi connectivity index (χ1n) is 9.97. The van der Waals surface area contributed by atoms with E-state index >= 15 is 0 Å². The van der Waals surface area contributed by atoms with Gasteiger partial charge in [-0.2, -0.15) is 0 Å². The second kappa shape index (κ2) is 9.12. The lowest BCUT2D eigenvalue weighted by Crippen LogP contribution is -2.18. The number of primary sulfonamides is 1. The predicted molar refractivity (Wildman–Crippen MR) is 123 cm³/mol. The molecular weight excluding hydrogens is 428 g/mol. The minimum absolute atomic E-state index is 0.260. The summed E-state index contributed by atoms with van der Waals surface area (Å²) >= 11 is 0. The van der Waals surface area contributed by atoms with Crippen LogP contribution in [-0.2, 0) is 20.5 Å². The van der Waals surface area contributed by atoms with Crippen molar-refractivity contribution in [2.45, 2.75) is 11.9 Å². The van der Waals surface area contributed by atoms with Gasteiger partial charge in [0.15, 0.2) is 6.10 Å². The van der Waals surface area contributed by atoms with Gasteiger partial charge < -0.3 is 14.2 Å². The molecule has 0 aliphatic carbocycles. The number of rotatable bonds is 7. The van der Waals surface area contributed by atoms with Crippen LogP contribution in [0.25, 0.3) is 17.2 Å². The number of pyridine rings is 1. The third-order valence-electron chi connectivity index (χ3n) is 5.14. The van der Waals surface area contributed by atoms with Crippen LogP contribution >= 0.6 is 0 Å². The highest BCUT2D eigenvalue weighted by Crippen LogP contribution is 2.49. The van der Waals surface area contributed by atoms with Crippen molar-refractivity contribution in [2.75, 3.05) is 20.8 Å². The molecule has 8 heteroatoms. The molecule has 2 N–H and O–H groups in total. The average Bonchev–Trinajstić information content (AvgIpc) is 2.77. The highest BCUT2D eigenvalue weighted by atomic mass is 32.2. The zero-order chi connectivity index (χ0) is 22.7. The van der Waals surface area contributed by atoms with E-state index in [1.807, 2.05) is 48.6 Å². The van der Waals surface area contributed by atoms with E-state index in [0.29, 0.717) is 23.7 Å². The number of aromatic nitrogens is 1. The Kier molecular flexibility index (Phi) is 6.27. The molecule has 0 radical (unpaired) electrons. The molecule has 0 amide bonds. The molecule has 1 aliphatic rings. The van der Waals surface area contributed by atoms with Crippen molar-refractivity contribution < 1.29 is 22.6 Å². The van der Waals surface area contributed by atoms with Gasteiger partial charge in [0.2, 0.25) is 10.0 Å². The average molecular weight is 453 g/mol. The second-order valence-electron chi connectivity index (χ2n) is 7.47. The molecule has 0 saturated heterocycles. The van der Waals surface area contributed by atoms with Crippen molar-refractivity contribution in [1.82, 2.24) is 4.98 Å². The fraction of sp³-hybridized carbons (Fsp3) is 0.208. The minimum atomic E-state index is -3.68. The summed E-state index contributed by atoms with van der Waals surface area (Å²) in [4.78, 5) is 4.37. The van der Waals surface area contributed by atoms with Crippen molar-refractivity contribution in [3.8, 4) is 22.6 Å². The molecule has 7 nitrogen and oxygen atoms in total. The maximum Gasteiger partial charge on any atom is 0.213 e. The molecular formula is C24H24N2O5S. The molecule has 32 heavy (non-hydrogen) atoms. The molecule has 1 aromatic heterocycles. The largest absolute Gasteiger partial charge is 0.496 e. The molecule has 1 atom stereocenters. The van der Waals surface area contributed by atoms with Crippen molar-refractivity contribution in [3.63, 3.8) is 0 Å². The summed E-state index contributed by atoms with van der Waals surface area (Å²) in [5, 5.41) is 5.28. The van der Waals surface area contributed by atoms with Gasteiger partial charge in [0, 0.05) is 30.6 Å². The zero-order valence-electron chi connectivity index (χ0n) is 17.8. The molecule has 1 aliphatic heterocycles. The Morgan fingerprint density at radius 1 is 1.16 bits per heavy atom. The molecule has 4 rings (SSSR count). The number of ether oxygens (including phenoxy) is 3. The molecule has 3 aromatic rings. The van der Waals surface area contributed by atoms with E-state index in [1.165, 1.54) is 0 Å². The maximum absolute atomic E-state index is 11.7. The summed E-state index contributed by atoms with van der Waals surface area (Å²) in [5.41, 5.74) is 4.89. The van der Waals surface area contributed by atoms with E-state index in [-0.39, 0.29) is 5.75 Å². The Bertz CT molecular complexity index is 1270. The van der Waals surface area contributed by atoms with E-state index in [1.54, 1.807) is 32.7 Å². The third-order valence-corrected chi connectivity index (χ3v) is 5.88. The molecule has 1 unspecified atom stereocenters. The smallest absolute Gasteiger partial charge is 0.213 e. The molecule has 0 saturated carbocycles. The van der Waals surface area contributed by atoms with Crippen molar-refractivity contribution in [3.05, 3.63) is 83.2 Å². The molecule has 2 aromatic carbocycles. The van der Waals surface area contributed by atoms with Gasteiger partial charge >= 0.3 is 0 Å². The van der Waals surface area contributed by atoms with E-state index in [9.17, 15) is 8.42 Å². The first kappa shape index (κ1) is 22.0. The summed E-state index contributed by atoms with van der Waals surface area (Å²) in [6.45, 7) is 0.497. The summed E-state index contributed by atoms with van der Waals surface area (Å²) < 4.78 is 40.4. The number of hydrogen-bond donors (Lipinski definition) is 1. The van der Waals surface area contributed by atoms with Crippen LogP contribution in [0.1, 0.15) is 28.4 Å². The molecule has 0 bridgehead atoms. The van der Waals surface area contributed by atoms with Gasteiger partial charge in [-0.3, -0.25) is 4.98 Å². The Hall–Kier alpha value is -3.20. The third kappa shape index (κ3) is 4.67. The van der Waals surface area contributed by atoms with Gasteiger partial charge in [0.05, 0.1) is 25.0 Å². The summed E-state index contributed by atoms with van der Waals surface area (Å²) in [7, 11) is -0.434. The summed E-state index contributed by atoms with van der Waals surface area (Å²) in [5.74, 6) is 1.10. The number of sulfonamides is 1. The number of benzene rings is 2. The van der Waals surface area contributed by atoms with Crippen LogP contribution < -0.4 is 14.6 Å². The first-order chi connectivity index (χ1) is 15.4. The van der Waals surface area contributed by atoms with E-state index < -0.39 is 16.1 Å². The number of hydrogen-bond acceptors (Lipinski definition) is 6. The number of nitrogens with two attached hydrogens (primary N) is 1. The SMILES string of the molecule is COC/C=C/c1cncc(C2Oc3cccc(OC)c3-c3ccc(CS(N)(=O)=O)cc32)c1. The lowest BCUT2D eigenvalue weighted by atomic mass is 9.88. The fourth-order valence-corrected chi connectivity index (χ4v) is 4.50. The van der Waals surface area contributed by atoms with E-state index in [4.69, 9.17) is 19.3 Å². The highest BCUT2D eigenvalue weighted by Gasteiger charge is 2.30. The Morgan fingerprint density at radius 3 is 2.75 bits per heavy atom. The number of methoxy groups -OCH3 is 2. The fourth-order valence-electron chi connectivity index (χ4n) is 3.85. The zero-order valence-corrected chi connectivity index (χ0v) is 18.6. The lowest BCUT2D eigenvalue weighted by molar-refractivity contribution is 0.234. The maximum atomic E-state index is 11.7. The van der Waals surface area contributed by atoms with Gasteiger partial charge in [0.1, 0.15) is 11.5 Å². The first-order valence-corrected chi connectivity index (χ1v) is 11.7. The normalized spacial score (nSPS) is 15.2. The van der Waals surface area contributed by atoms with E-state index in [2.05, 4.69) is 4.98 Å². The van der Waals surface area contributed by atoms with Gasteiger partial charge in [-0.15, -0.1) is 0 Å². The second-order valence-corrected chi connectivity index (χ2v) is 9.08. The minimum Gasteiger partial charge on any atom is -0.496 e. The summed E-state index contributed by atoms with van der Waals surface area (Å²) in [6, 6.07) is 13.1. The van der Waals surface area contributed by atoms with Crippen LogP contribution in [0.15, 0.2) is 60.9 Å². The molecule has 166 valence electrons. The van der Waals surface area contributed by atoms with Crippen molar-refractivity contribution >= 4 is 16.1 Å². The van der Waals surface area contributed by atoms with Crippen LogP contribution in [0.3, 0.4) is 0 Å². The van der Waals surface area contributed by atoms with Crippen LogP contribution in [0.2, 0.25) is 0 Å². The van der Waals surface area contributed by atoms with Crippen LogP contribution in [0.4, 0.5) is 0 Å².